The Kier molecular flexibility index (Phi) is 4.18. The Labute approximate surface area is 150 Å². The van der Waals surface area contributed by atoms with Gasteiger partial charge in [0.2, 0.25) is 23.5 Å². The number of benzene rings is 2. The Morgan fingerprint density at radius 2 is 1.62 bits per heavy atom. The molecule has 26 heavy (non-hydrogen) atoms. The number of nitrogens with zero attached hydrogens (tertiary/aromatic N) is 4. The van der Waals surface area contributed by atoms with E-state index >= 15 is 0 Å². The molecular weight excluding hydrogens is 366 g/mol. The minimum Gasteiger partial charge on any atom is -0.420 e. The quantitative estimate of drug-likeness (QED) is 0.529. The summed E-state index contributed by atoms with van der Waals surface area (Å²) >= 11 is 5.85. The lowest BCUT2D eigenvalue weighted by molar-refractivity contribution is 0.374. The Hall–Kier alpha value is -3.13. The van der Waals surface area contributed by atoms with Crippen molar-refractivity contribution >= 4 is 11.6 Å². The first-order chi connectivity index (χ1) is 12.6. The van der Waals surface area contributed by atoms with Crippen molar-refractivity contribution in [2.45, 2.75) is 6.42 Å². The second kappa shape index (κ2) is 6.64. The lowest BCUT2D eigenvalue weighted by atomic mass is 10.2. The molecule has 2 aromatic carbocycles. The van der Waals surface area contributed by atoms with Crippen LogP contribution in [0.5, 0.6) is 0 Å². The molecule has 0 atom stereocenters. The zero-order valence-electron chi connectivity index (χ0n) is 13.0. The van der Waals surface area contributed by atoms with Gasteiger partial charge >= 0.3 is 0 Å². The maximum atomic E-state index is 13.3. The van der Waals surface area contributed by atoms with Crippen LogP contribution in [0.4, 0.5) is 8.78 Å². The Balaban J connectivity index is 1.53. The summed E-state index contributed by atoms with van der Waals surface area (Å²) in [6.45, 7) is 0. The molecular formula is C17H9ClF2N4O2. The van der Waals surface area contributed by atoms with Gasteiger partial charge in [0.05, 0.1) is 0 Å². The van der Waals surface area contributed by atoms with Crippen molar-refractivity contribution in [3.63, 3.8) is 0 Å². The number of hydrogen-bond donors (Lipinski definition) is 0. The SMILES string of the molecule is Fc1cc(F)cc(-c2nnc(Cc3nc(-c4ccc(Cl)cc4)no3)o2)c1. The zero-order chi connectivity index (χ0) is 18.1. The monoisotopic (exact) mass is 374 g/mol. The second-order valence-corrected chi connectivity index (χ2v) is 5.79. The fourth-order valence-corrected chi connectivity index (χ4v) is 2.42. The van der Waals surface area contributed by atoms with E-state index in [1.807, 2.05) is 0 Å². The molecule has 0 N–H and O–H groups in total. The first kappa shape index (κ1) is 16.3. The third-order valence-corrected chi connectivity index (χ3v) is 3.70. The smallest absolute Gasteiger partial charge is 0.247 e. The number of hydrogen-bond acceptors (Lipinski definition) is 6. The van der Waals surface area contributed by atoms with Crippen LogP contribution in [-0.4, -0.2) is 20.3 Å². The summed E-state index contributed by atoms with van der Waals surface area (Å²) < 4.78 is 37.1. The Bertz CT molecular complexity index is 1040. The summed E-state index contributed by atoms with van der Waals surface area (Å²) in [6.07, 6.45) is 0.0887. The van der Waals surface area contributed by atoms with E-state index < -0.39 is 11.6 Å². The van der Waals surface area contributed by atoms with Gasteiger partial charge in [-0.1, -0.05) is 16.8 Å². The molecule has 0 aliphatic rings. The molecule has 0 bridgehead atoms. The fourth-order valence-electron chi connectivity index (χ4n) is 2.29. The van der Waals surface area contributed by atoms with Gasteiger partial charge in [0, 0.05) is 22.2 Å². The highest BCUT2D eigenvalue weighted by atomic mass is 35.5. The minimum absolute atomic E-state index is 0.00385. The molecule has 0 radical (unpaired) electrons. The fraction of sp³-hybridized carbons (Fsp3) is 0.0588. The third-order valence-electron chi connectivity index (χ3n) is 3.45. The van der Waals surface area contributed by atoms with Crippen LogP contribution in [0.2, 0.25) is 5.02 Å². The molecule has 0 unspecified atom stereocenters. The maximum absolute atomic E-state index is 13.3. The molecule has 0 aliphatic carbocycles. The number of rotatable bonds is 4. The largest absolute Gasteiger partial charge is 0.420 e. The van der Waals surface area contributed by atoms with E-state index in [2.05, 4.69) is 20.3 Å². The molecule has 2 aromatic heterocycles. The average Bonchev–Trinajstić information content (AvgIpc) is 3.25. The van der Waals surface area contributed by atoms with E-state index in [-0.39, 0.29) is 29.7 Å². The Morgan fingerprint density at radius 3 is 2.35 bits per heavy atom. The molecule has 0 aliphatic heterocycles. The van der Waals surface area contributed by atoms with Crippen LogP contribution in [0.1, 0.15) is 11.8 Å². The Morgan fingerprint density at radius 1 is 0.885 bits per heavy atom. The molecule has 9 heteroatoms. The van der Waals surface area contributed by atoms with Crippen LogP contribution in [-0.2, 0) is 6.42 Å². The summed E-state index contributed by atoms with van der Waals surface area (Å²) in [5.74, 6) is -0.639. The standard InChI is InChI=1S/C17H9ClF2N4O2/c18-11-3-1-9(2-4-11)16-21-14(26-24-16)8-15-22-23-17(25-15)10-5-12(19)7-13(20)6-10/h1-7H,8H2. The van der Waals surface area contributed by atoms with Crippen molar-refractivity contribution in [2.75, 3.05) is 0 Å². The zero-order valence-corrected chi connectivity index (χ0v) is 13.7. The van der Waals surface area contributed by atoms with Crippen LogP contribution < -0.4 is 0 Å². The van der Waals surface area contributed by atoms with Crippen molar-refractivity contribution in [3.8, 4) is 22.8 Å². The molecule has 6 nitrogen and oxygen atoms in total. The predicted molar refractivity (Wildman–Crippen MR) is 87.2 cm³/mol. The third kappa shape index (κ3) is 3.45. The predicted octanol–water partition coefficient (Wildman–Crippen LogP) is 4.31. The van der Waals surface area contributed by atoms with Gasteiger partial charge in [-0.2, -0.15) is 4.98 Å². The topological polar surface area (TPSA) is 77.8 Å². The van der Waals surface area contributed by atoms with Crippen molar-refractivity contribution in [3.05, 3.63) is 70.9 Å². The van der Waals surface area contributed by atoms with Gasteiger partial charge in [0.15, 0.2) is 0 Å². The first-order valence-corrected chi connectivity index (χ1v) is 7.82. The van der Waals surface area contributed by atoms with Gasteiger partial charge in [-0.15, -0.1) is 10.2 Å². The van der Waals surface area contributed by atoms with Crippen molar-refractivity contribution in [2.24, 2.45) is 0 Å². The second-order valence-electron chi connectivity index (χ2n) is 5.35. The van der Waals surface area contributed by atoms with E-state index in [0.717, 1.165) is 23.8 Å². The minimum atomic E-state index is -0.732. The summed E-state index contributed by atoms with van der Waals surface area (Å²) in [4.78, 5) is 4.25. The highest BCUT2D eigenvalue weighted by molar-refractivity contribution is 6.30. The molecule has 0 spiro atoms. The molecule has 4 aromatic rings. The van der Waals surface area contributed by atoms with E-state index in [1.165, 1.54) is 0 Å². The maximum Gasteiger partial charge on any atom is 0.247 e. The highest BCUT2D eigenvalue weighted by Gasteiger charge is 2.15. The van der Waals surface area contributed by atoms with Gasteiger partial charge < -0.3 is 8.94 Å². The lowest BCUT2D eigenvalue weighted by Crippen LogP contribution is -1.88. The molecule has 0 saturated carbocycles. The van der Waals surface area contributed by atoms with Crippen LogP contribution in [0.3, 0.4) is 0 Å². The summed E-state index contributed by atoms with van der Waals surface area (Å²) in [7, 11) is 0. The lowest BCUT2D eigenvalue weighted by Gasteiger charge is -1.95. The van der Waals surface area contributed by atoms with Gasteiger partial charge in [0.1, 0.15) is 18.1 Å². The van der Waals surface area contributed by atoms with E-state index in [0.29, 0.717) is 10.8 Å². The molecule has 0 fully saturated rings. The van der Waals surface area contributed by atoms with E-state index in [4.69, 9.17) is 20.5 Å². The van der Waals surface area contributed by atoms with Gasteiger partial charge in [-0.05, 0) is 36.4 Å². The van der Waals surface area contributed by atoms with Crippen molar-refractivity contribution in [1.82, 2.24) is 20.3 Å². The van der Waals surface area contributed by atoms with Crippen LogP contribution >= 0.6 is 11.6 Å². The van der Waals surface area contributed by atoms with Crippen molar-refractivity contribution < 1.29 is 17.7 Å². The molecule has 0 amide bonds. The number of aromatic nitrogens is 4. The summed E-state index contributed by atoms with van der Waals surface area (Å²) in [5.41, 5.74) is 0.888. The summed E-state index contributed by atoms with van der Waals surface area (Å²) in [6, 6.07) is 9.93. The van der Waals surface area contributed by atoms with Gasteiger partial charge in [-0.3, -0.25) is 0 Å². The van der Waals surface area contributed by atoms with Crippen LogP contribution in [0, 0.1) is 11.6 Å². The van der Waals surface area contributed by atoms with Crippen molar-refractivity contribution in [1.29, 1.82) is 0 Å². The van der Waals surface area contributed by atoms with E-state index in [1.54, 1.807) is 24.3 Å². The first-order valence-electron chi connectivity index (χ1n) is 7.44. The van der Waals surface area contributed by atoms with Gasteiger partial charge in [-0.25, -0.2) is 8.78 Å². The average molecular weight is 375 g/mol. The van der Waals surface area contributed by atoms with Crippen LogP contribution in [0.15, 0.2) is 51.4 Å². The summed E-state index contributed by atoms with van der Waals surface area (Å²) in [5, 5.41) is 12.1. The highest BCUT2D eigenvalue weighted by Crippen LogP contribution is 2.22. The number of halogens is 3. The molecule has 130 valence electrons. The van der Waals surface area contributed by atoms with Crippen LogP contribution in [0.25, 0.3) is 22.8 Å². The molecule has 0 saturated heterocycles. The molecule has 4 rings (SSSR count). The normalized spacial score (nSPS) is 11.0. The van der Waals surface area contributed by atoms with Gasteiger partial charge in [0.25, 0.3) is 0 Å². The van der Waals surface area contributed by atoms with E-state index in [9.17, 15) is 8.78 Å². The molecule has 2 heterocycles.